The van der Waals surface area contributed by atoms with Gasteiger partial charge in [0.2, 0.25) is 5.91 Å². The van der Waals surface area contributed by atoms with Crippen molar-refractivity contribution in [2.75, 3.05) is 10.6 Å². The molecule has 2 aromatic carbocycles. The van der Waals surface area contributed by atoms with Crippen LogP contribution in [0.15, 0.2) is 42.5 Å². The van der Waals surface area contributed by atoms with Gasteiger partial charge in [-0.3, -0.25) is 9.59 Å². The molecule has 0 heterocycles. The largest absolute Gasteiger partial charge is 0.416 e. The number of halogens is 4. The van der Waals surface area contributed by atoms with Gasteiger partial charge in [0.05, 0.1) is 5.56 Å². The number of nitrogens with two attached hydrogens (primary N) is 1. The van der Waals surface area contributed by atoms with Crippen LogP contribution in [-0.4, -0.2) is 11.8 Å². The topological polar surface area (TPSA) is 84.2 Å². The number of hydrogen-bond donors (Lipinski definition) is 3. The second kappa shape index (κ2) is 8.84. The monoisotopic (exact) mass is 427 g/mol. The Balaban J connectivity index is 0.00000300. The quantitative estimate of drug-likeness (QED) is 0.659. The predicted molar refractivity (Wildman–Crippen MR) is 107 cm³/mol. The highest BCUT2D eigenvalue weighted by Gasteiger charge is 2.39. The lowest BCUT2D eigenvalue weighted by Crippen LogP contribution is -2.16. The Bertz CT molecular complexity index is 901. The van der Waals surface area contributed by atoms with E-state index in [9.17, 15) is 22.8 Å². The molecule has 0 aromatic heterocycles. The summed E-state index contributed by atoms with van der Waals surface area (Å²) in [7, 11) is 0. The van der Waals surface area contributed by atoms with Crippen molar-refractivity contribution >= 4 is 35.6 Å². The average Bonchev–Trinajstić information content (AvgIpc) is 3.38. The molecule has 2 atom stereocenters. The van der Waals surface area contributed by atoms with Gasteiger partial charge in [-0.05, 0) is 60.4 Å². The van der Waals surface area contributed by atoms with Crippen LogP contribution >= 0.6 is 12.4 Å². The molecule has 3 rings (SSSR count). The van der Waals surface area contributed by atoms with Crippen LogP contribution in [-0.2, 0) is 17.5 Å². The molecule has 156 valence electrons. The highest BCUT2D eigenvalue weighted by atomic mass is 35.5. The normalized spacial score (nSPS) is 17.8. The van der Waals surface area contributed by atoms with Gasteiger partial charge >= 0.3 is 6.18 Å². The molecule has 5 nitrogen and oxygen atoms in total. The summed E-state index contributed by atoms with van der Waals surface area (Å²) in [6, 6.07) is 9.38. The summed E-state index contributed by atoms with van der Waals surface area (Å²) in [6.07, 6.45) is -3.67. The molecule has 1 aliphatic carbocycles. The van der Waals surface area contributed by atoms with Gasteiger partial charge in [-0.15, -0.1) is 12.4 Å². The lowest BCUT2D eigenvalue weighted by molar-refractivity contribution is -0.137. The number of alkyl halides is 3. The molecule has 4 N–H and O–H groups in total. The summed E-state index contributed by atoms with van der Waals surface area (Å²) >= 11 is 0. The van der Waals surface area contributed by atoms with Crippen LogP contribution in [0.1, 0.15) is 34.8 Å². The number of carbonyl (C=O) groups is 2. The van der Waals surface area contributed by atoms with Crippen molar-refractivity contribution in [2.24, 2.45) is 17.6 Å². The van der Waals surface area contributed by atoms with Crippen LogP contribution in [0.2, 0.25) is 0 Å². The SMILES string of the molecule is CC1CC1C(=O)Nc1ccc(C(=O)Nc2cc(CN)cc(C(F)(F)F)c2)cc1.Cl. The van der Waals surface area contributed by atoms with E-state index in [-0.39, 0.29) is 47.6 Å². The number of benzene rings is 2. The molecule has 0 radical (unpaired) electrons. The Morgan fingerprint density at radius 1 is 1.07 bits per heavy atom. The minimum absolute atomic E-state index is 0. The van der Waals surface area contributed by atoms with E-state index in [1.807, 2.05) is 6.92 Å². The van der Waals surface area contributed by atoms with E-state index in [1.54, 1.807) is 12.1 Å². The second-order valence-electron chi connectivity index (χ2n) is 6.96. The summed E-state index contributed by atoms with van der Waals surface area (Å²) in [5, 5.41) is 5.24. The fourth-order valence-corrected chi connectivity index (χ4v) is 2.88. The predicted octanol–water partition coefficient (Wildman–Crippen LogP) is 4.43. The highest BCUT2D eigenvalue weighted by Crippen LogP contribution is 2.38. The van der Waals surface area contributed by atoms with E-state index < -0.39 is 17.6 Å². The standard InChI is InChI=1S/C20H20F3N3O2.ClH/c1-11-6-17(11)19(28)25-15-4-2-13(3-5-15)18(27)26-16-8-12(10-24)7-14(9-16)20(21,22)23;/h2-5,7-9,11,17H,6,10,24H2,1H3,(H,25,28)(H,26,27);1H. The Morgan fingerprint density at radius 2 is 1.69 bits per heavy atom. The molecular weight excluding hydrogens is 407 g/mol. The lowest BCUT2D eigenvalue weighted by Gasteiger charge is -2.13. The zero-order valence-corrected chi connectivity index (χ0v) is 16.4. The molecule has 2 unspecified atom stereocenters. The number of rotatable bonds is 5. The maximum Gasteiger partial charge on any atom is 0.416 e. The number of amides is 2. The summed E-state index contributed by atoms with van der Waals surface area (Å²) in [6.45, 7) is 1.92. The fraction of sp³-hybridized carbons (Fsp3) is 0.300. The van der Waals surface area contributed by atoms with Gasteiger partial charge in [0.25, 0.3) is 5.91 Å². The highest BCUT2D eigenvalue weighted by molar-refractivity contribution is 6.04. The van der Waals surface area contributed by atoms with E-state index >= 15 is 0 Å². The van der Waals surface area contributed by atoms with Gasteiger partial charge in [-0.2, -0.15) is 13.2 Å². The molecule has 9 heteroatoms. The molecule has 1 fully saturated rings. The molecule has 2 aromatic rings. The van der Waals surface area contributed by atoms with E-state index in [0.717, 1.165) is 18.6 Å². The van der Waals surface area contributed by atoms with Crippen LogP contribution in [0.3, 0.4) is 0 Å². The Hall–Kier alpha value is -2.58. The zero-order chi connectivity index (χ0) is 20.5. The van der Waals surface area contributed by atoms with Crippen LogP contribution < -0.4 is 16.4 Å². The summed E-state index contributed by atoms with van der Waals surface area (Å²) < 4.78 is 39.0. The fourth-order valence-electron chi connectivity index (χ4n) is 2.88. The molecular formula is C20H21ClF3N3O2. The van der Waals surface area contributed by atoms with Crippen LogP contribution in [0.5, 0.6) is 0 Å². The number of nitrogens with one attached hydrogen (secondary N) is 2. The van der Waals surface area contributed by atoms with E-state index in [2.05, 4.69) is 10.6 Å². The van der Waals surface area contributed by atoms with Gasteiger partial charge in [-0.1, -0.05) is 6.92 Å². The third-order valence-corrected chi connectivity index (χ3v) is 4.67. The Labute approximate surface area is 172 Å². The van der Waals surface area contributed by atoms with Crippen molar-refractivity contribution in [3.8, 4) is 0 Å². The molecule has 2 amide bonds. The molecule has 29 heavy (non-hydrogen) atoms. The minimum atomic E-state index is -4.54. The Kier molecular flexibility index (Phi) is 6.92. The van der Waals surface area contributed by atoms with Gasteiger partial charge in [0, 0.05) is 29.4 Å². The van der Waals surface area contributed by atoms with Crippen molar-refractivity contribution in [3.05, 3.63) is 59.2 Å². The van der Waals surface area contributed by atoms with Crippen molar-refractivity contribution in [1.82, 2.24) is 0 Å². The number of hydrogen-bond acceptors (Lipinski definition) is 3. The minimum Gasteiger partial charge on any atom is -0.326 e. The number of carbonyl (C=O) groups excluding carboxylic acids is 2. The first-order valence-electron chi connectivity index (χ1n) is 8.81. The molecule has 1 aliphatic rings. The third-order valence-electron chi connectivity index (χ3n) is 4.67. The molecule has 0 bridgehead atoms. The Morgan fingerprint density at radius 3 is 2.21 bits per heavy atom. The lowest BCUT2D eigenvalue weighted by atomic mass is 10.1. The van der Waals surface area contributed by atoms with E-state index in [0.29, 0.717) is 11.6 Å². The maximum absolute atomic E-state index is 13.0. The maximum atomic E-state index is 13.0. The number of anilines is 2. The first-order valence-corrected chi connectivity index (χ1v) is 8.81. The summed E-state index contributed by atoms with van der Waals surface area (Å²) in [5.74, 6) is -0.199. The zero-order valence-electron chi connectivity index (χ0n) is 15.5. The van der Waals surface area contributed by atoms with Gasteiger partial charge < -0.3 is 16.4 Å². The van der Waals surface area contributed by atoms with Crippen molar-refractivity contribution in [3.63, 3.8) is 0 Å². The van der Waals surface area contributed by atoms with Crippen LogP contribution in [0, 0.1) is 11.8 Å². The van der Waals surface area contributed by atoms with Crippen LogP contribution in [0.4, 0.5) is 24.5 Å². The van der Waals surface area contributed by atoms with E-state index in [4.69, 9.17) is 5.73 Å². The molecule has 1 saturated carbocycles. The van der Waals surface area contributed by atoms with Crippen molar-refractivity contribution in [2.45, 2.75) is 26.1 Å². The third kappa shape index (κ3) is 5.71. The van der Waals surface area contributed by atoms with Crippen molar-refractivity contribution in [1.29, 1.82) is 0 Å². The first kappa shape index (κ1) is 22.7. The second-order valence-corrected chi connectivity index (χ2v) is 6.96. The smallest absolute Gasteiger partial charge is 0.326 e. The average molecular weight is 428 g/mol. The van der Waals surface area contributed by atoms with Crippen molar-refractivity contribution < 1.29 is 22.8 Å². The van der Waals surface area contributed by atoms with E-state index in [1.165, 1.54) is 18.2 Å². The van der Waals surface area contributed by atoms with Crippen LogP contribution in [0.25, 0.3) is 0 Å². The molecule has 0 spiro atoms. The summed E-state index contributed by atoms with van der Waals surface area (Å²) in [4.78, 5) is 24.3. The van der Waals surface area contributed by atoms with Gasteiger partial charge in [-0.25, -0.2) is 0 Å². The molecule has 0 aliphatic heterocycles. The van der Waals surface area contributed by atoms with Gasteiger partial charge in [0.15, 0.2) is 0 Å². The first-order chi connectivity index (χ1) is 13.2. The summed E-state index contributed by atoms with van der Waals surface area (Å²) in [5.41, 5.74) is 5.66. The van der Waals surface area contributed by atoms with Gasteiger partial charge in [0.1, 0.15) is 0 Å². The molecule has 0 saturated heterocycles.